The fourth-order valence-electron chi connectivity index (χ4n) is 2.07. The Labute approximate surface area is 121 Å². The molecular formula is C13H17N5O3. The predicted octanol–water partition coefficient (Wildman–Crippen LogP) is 1.29. The van der Waals surface area contributed by atoms with Gasteiger partial charge in [-0.2, -0.15) is 10.2 Å². The molecule has 0 aliphatic heterocycles. The van der Waals surface area contributed by atoms with Crippen LogP contribution < -0.4 is 5.32 Å². The Balaban J connectivity index is 2.30. The third kappa shape index (κ3) is 2.93. The van der Waals surface area contributed by atoms with Crippen LogP contribution in [0.15, 0.2) is 12.3 Å². The average molecular weight is 291 g/mol. The molecule has 0 bridgehead atoms. The van der Waals surface area contributed by atoms with E-state index in [1.807, 2.05) is 13.8 Å². The third-order valence-electron chi connectivity index (χ3n) is 2.96. The summed E-state index contributed by atoms with van der Waals surface area (Å²) >= 11 is 0. The van der Waals surface area contributed by atoms with Gasteiger partial charge < -0.3 is 10.4 Å². The number of carbonyl (C=O) groups excluding carboxylic acids is 1. The SMILES string of the molecule is CCCn1nc(C)cc1NC(=O)c1c(C(=O)O)cnn1C. The minimum absolute atomic E-state index is 0.00408. The van der Waals surface area contributed by atoms with Crippen molar-refractivity contribution in [3.05, 3.63) is 29.2 Å². The number of hydrogen-bond donors (Lipinski definition) is 2. The van der Waals surface area contributed by atoms with Crippen molar-refractivity contribution in [1.82, 2.24) is 19.6 Å². The molecule has 2 heterocycles. The monoisotopic (exact) mass is 291 g/mol. The van der Waals surface area contributed by atoms with E-state index < -0.39 is 11.9 Å². The summed E-state index contributed by atoms with van der Waals surface area (Å²) in [5, 5.41) is 19.9. The second kappa shape index (κ2) is 5.78. The number of anilines is 1. The second-order valence-corrected chi connectivity index (χ2v) is 4.68. The van der Waals surface area contributed by atoms with E-state index in [1.54, 1.807) is 10.7 Å². The molecule has 21 heavy (non-hydrogen) atoms. The van der Waals surface area contributed by atoms with Gasteiger partial charge >= 0.3 is 5.97 Å². The lowest BCUT2D eigenvalue weighted by molar-refractivity contribution is 0.0692. The molecule has 2 aromatic rings. The molecule has 0 atom stereocenters. The van der Waals surface area contributed by atoms with Gasteiger partial charge in [-0.1, -0.05) is 6.92 Å². The summed E-state index contributed by atoms with van der Waals surface area (Å²) in [6.07, 6.45) is 2.03. The molecule has 112 valence electrons. The molecule has 0 aromatic carbocycles. The van der Waals surface area contributed by atoms with Crippen molar-refractivity contribution in [3.63, 3.8) is 0 Å². The summed E-state index contributed by atoms with van der Waals surface area (Å²) in [5.41, 5.74) is 0.653. The maximum atomic E-state index is 12.3. The Morgan fingerprint density at radius 2 is 2.14 bits per heavy atom. The lowest BCUT2D eigenvalue weighted by Gasteiger charge is -2.08. The van der Waals surface area contributed by atoms with E-state index in [4.69, 9.17) is 5.11 Å². The normalized spacial score (nSPS) is 10.6. The smallest absolute Gasteiger partial charge is 0.339 e. The van der Waals surface area contributed by atoms with Gasteiger partial charge in [0.05, 0.1) is 11.9 Å². The molecule has 0 radical (unpaired) electrons. The number of carboxylic acid groups (broad SMARTS) is 1. The van der Waals surface area contributed by atoms with E-state index in [2.05, 4.69) is 15.5 Å². The number of carboxylic acids is 1. The van der Waals surface area contributed by atoms with E-state index in [-0.39, 0.29) is 11.3 Å². The topological polar surface area (TPSA) is 102 Å². The summed E-state index contributed by atoms with van der Waals surface area (Å²) < 4.78 is 2.93. The highest BCUT2D eigenvalue weighted by Gasteiger charge is 2.22. The standard InChI is InChI=1S/C13H17N5O3/c1-4-5-18-10(6-8(2)16-18)15-12(19)11-9(13(20)21)7-14-17(11)3/h6-7H,4-5H2,1-3H3,(H,15,19)(H,20,21). The Bertz CT molecular complexity index is 686. The van der Waals surface area contributed by atoms with E-state index in [1.165, 1.54) is 11.7 Å². The highest BCUT2D eigenvalue weighted by Crippen LogP contribution is 2.14. The summed E-state index contributed by atoms with van der Waals surface area (Å²) in [4.78, 5) is 23.4. The first kappa shape index (κ1) is 14.8. The van der Waals surface area contributed by atoms with Crippen LogP contribution in [0.3, 0.4) is 0 Å². The van der Waals surface area contributed by atoms with Crippen molar-refractivity contribution in [2.24, 2.45) is 7.05 Å². The zero-order chi connectivity index (χ0) is 15.6. The minimum atomic E-state index is -1.19. The molecule has 0 spiro atoms. The van der Waals surface area contributed by atoms with Crippen LogP contribution in [0.4, 0.5) is 5.82 Å². The first-order valence-electron chi connectivity index (χ1n) is 6.55. The molecule has 0 saturated carbocycles. The maximum absolute atomic E-state index is 12.3. The number of aromatic carboxylic acids is 1. The summed E-state index contributed by atoms with van der Waals surface area (Å²) in [6, 6.07) is 1.74. The highest BCUT2D eigenvalue weighted by atomic mass is 16.4. The van der Waals surface area contributed by atoms with Crippen molar-refractivity contribution < 1.29 is 14.7 Å². The largest absolute Gasteiger partial charge is 0.478 e. The van der Waals surface area contributed by atoms with Crippen LogP contribution in [0.25, 0.3) is 0 Å². The minimum Gasteiger partial charge on any atom is -0.478 e. The Kier molecular flexibility index (Phi) is 4.06. The lowest BCUT2D eigenvalue weighted by atomic mass is 10.2. The van der Waals surface area contributed by atoms with Gasteiger partial charge in [0.15, 0.2) is 0 Å². The number of nitrogens with one attached hydrogen (secondary N) is 1. The molecule has 2 aromatic heterocycles. The van der Waals surface area contributed by atoms with Crippen LogP contribution in [0.1, 0.15) is 39.9 Å². The predicted molar refractivity (Wildman–Crippen MR) is 75.4 cm³/mol. The Morgan fingerprint density at radius 1 is 1.43 bits per heavy atom. The number of hydrogen-bond acceptors (Lipinski definition) is 4. The average Bonchev–Trinajstić information content (AvgIpc) is 2.93. The second-order valence-electron chi connectivity index (χ2n) is 4.68. The third-order valence-corrected chi connectivity index (χ3v) is 2.96. The van der Waals surface area contributed by atoms with Crippen LogP contribution in [0.2, 0.25) is 0 Å². The van der Waals surface area contributed by atoms with Crippen LogP contribution in [-0.4, -0.2) is 36.5 Å². The molecule has 8 nitrogen and oxygen atoms in total. The molecule has 0 aliphatic carbocycles. The van der Waals surface area contributed by atoms with Gasteiger partial charge in [0.25, 0.3) is 5.91 Å². The van der Waals surface area contributed by atoms with Gasteiger partial charge in [-0.3, -0.25) is 9.48 Å². The van der Waals surface area contributed by atoms with Gasteiger partial charge in [-0.15, -0.1) is 0 Å². The fraction of sp³-hybridized carbons (Fsp3) is 0.385. The highest BCUT2D eigenvalue weighted by molar-refractivity contribution is 6.09. The quantitative estimate of drug-likeness (QED) is 0.864. The van der Waals surface area contributed by atoms with Crippen LogP contribution in [0, 0.1) is 6.92 Å². The molecule has 2 N–H and O–H groups in total. The number of aryl methyl sites for hydroxylation is 3. The van der Waals surface area contributed by atoms with Crippen LogP contribution in [-0.2, 0) is 13.6 Å². The first-order valence-corrected chi connectivity index (χ1v) is 6.55. The van der Waals surface area contributed by atoms with Crippen molar-refractivity contribution in [3.8, 4) is 0 Å². The van der Waals surface area contributed by atoms with Gasteiger partial charge in [0.2, 0.25) is 0 Å². The summed E-state index contributed by atoms with van der Waals surface area (Å²) in [7, 11) is 1.52. The van der Waals surface area contributed by atoms with Gasteiger partial charge in [0.1, 0.15) is 17.1 Å². The number of aromatic nitrogens is 4. The molecular weight excluding hydrogens is 274 g/mol. The molecule has 0 saturated heterocycles. The number of nitrogens with zero attached hydrogens (tertiary/aromatic N) is 4. The molecule has 8 heteroatoms. The van der Waals surface area contributed by atoms with Crippen molar-refractivity contribution in [2.45, 2.75) is 26.8 Å². The van der Waals surface area contributed by atoms with Crippen molar-refractivity contribution in [2.75, 3.05) is 5.32 Å². The Morgan fingerprint density at radius 3 is 2.76 bits per heavy atom. The van der Waals surface area contributed by atoms with Gasteiger partial charge in [0, 0.05) is 19.7 Å². The van der Waals surface area contributed by atoms with Crippen LogP contribution in [0.5, 0.6) is 0 Å². The van der Waals surface area contributed by atoms with Crippen molar-refractivity contribution in [1.29, 1.82) is 0 Å². The maximum Gasteiger partial charge on any atom is 0.339 e. The van der Waals surface area contributed by atoms with Crippen molar-refractivity contribution >= 4 is 17.7 Å². The Hall–Kier alpha value is -2.64. The van der Waals surface area contributed by atoms with E-state index in [0.29, 0.717) is 12.4 Å². The van der Waals surface area contributed by atoms with E-state index in [0.717, 1.165) is 18.3 Å². The van der Waals surface area contributed by atoms with E-state index in [9.17, 15) is 9.59 Å². The van der Waals surface area contributed by atoms with Gasteiger partial charge in [-0.25, -0.2) is 9.48 Å². The first-order chi connectivity index (χ1) is 9.93. The number of rotatable bonds is 5. The van der Waals surface area contributed by atoms with Crippen LogP contribution >= 0.6 is 0 Å². The zero-order valence-corrected chi connectivity index (χ0v) is 12.1. The van der Waals surface area contributed by atoms with Gasteiger partial charge in [-0.05, 0) is 13.3 Å². The number of carbonyl (C=O) groups is 2. The number of amides is 1. The summed E-state index contributed by atoms with van der Waals surface area (Å²) in [5.74, 6) is -1.17. The van der Waals surface area contributed by atoms with E-state index >= 15 is 0 Å². The molecule has 0 unspecified atom stereocenters. The lowest BCUT2D eigenvalue weighted by Crippen LogP contribution is -2.21. The summed E-state index contributed by atoms with van der Waals surface area (Å²) in [6.45, 7) is 4.50. The molecule has 1 amide bonds. The molecule has 2 rings (SSSR count). The molecule has 0 fully saturated rings. The zero-order valence-electron chi connectivity index (χ0n) is 12.1. The fourth-order valence-corrected chi connectivity index (χ4v) is 2.07. The molecule has 0 aliphatic rings.